The third-order valence-electron chi connectivity index (χ3n) is 3.68. The monoisotopic (exact) mass is 350 g/mol. The molecule has 0 aliphatic carbocycles. The molecule has 8 heteroatoms. The van der Waals surface area contributed by atoms with E-state index in [1.807, 2.05) is 0 Å². The lowest BCUT2D eigenvalue weighted by molar-refractivity contribution is -0.137. The number of fused-ring (bicyclic) bond motifs is 1. The molecule has 0 aliphatic heterocycles. The average molecular weight is 350 g/mol. The standard InChI is InChI=1S/C17H13F3N2O3/c1-24-13-7-11-12(8-14(13)25-2)22-16(23)15(21-11)9-3-5-10(6-4-9)17(18,19)20/h3-8H,1-2H3,(H,22,23). The Balaban J connectivity index is 2.13. The fourth-order valence-electron chi connectivity index (χ4n) is 2.43. The molecule has 0 amide bonds. The number of ether oxygens (including phenoxy) is 2. The number of methoxy groups -OCH3 is 2. The van der Waals surface area contributed by atoms with Gasteiger partial charge in [0.05, 0.1) is 30.8 Å². The molecule has 2 aromatic carbocycles. The minimum absolute atomic E-state index is 0.0217. The molecule has 25 heavy (non-hydrogen) atoms. The van der Waals surface area contributed by atoms with Crippen LogP contribution >= 0.6 is 0 Å². The highest BCUT2D eigenvalue weighted by Crippen LogP contribution is 2.32. The highest BCUT2D eigenvalue weighted by atomic mass is 19.4. The molecule has 130 valence electrons. The molecule has 0 saturated heterocycles. The molecule has 0 bridgehead atoms. The van der Waals surface area contributed by atoms with Crippen molar-refractivity contribution < 1.29 is 22.6 Å². The molecule has 0 saturated carbocycles. The SMILES string of the molecule is COc1cc2nc(-c3ccc(C(F)(F)F)cc3)c(=O)[nH]c2cc1OC. The number of aromatic amines is 1. The molecule has 0 fully saturated rings. The second kappa shape index (κ2) is 6.12. The molecule has 0 unspecified atom stereocenters. The fourth-order valence-corrected chi connectivity index (χ4v) is 2.43. The summed E-state index contributed by atoms with van der Waals surface area (Å²) in [6.07, 6.45) is -4.44. The first-order valence-corrected chi connectivity index (χ1v) is 7.17. The molecular weight excluding hydrogens is 337 g/mol. The van der Waals surface area contributed by atoms with Crippen LogP contribution in [0.1, 0.15) is 5.56 Å². The van der Waals surface area contributed by atoms with E-state index in [1.165, 1.54) is 26.4 Å². The van der Waals surface area contributed by atoms with E-state index in [0.717, 1.165) is 12.1 Å². The molecule has 3 rings (SSSR count). The predicted molar refractivity (Wildman–Crippen MR) is 85.9 cm³/mol. The summed E-state index contributed by atoms with van der Waals surface area (Å²) in [6.45, 7) is 0. The zero-order valence-corrected chi connectivity index (χ0v) is 13.3. The summed E-state index contributed by atoms with van der Waals surface area (Å²) in [5.74, 6) is 0.850. The van der Waals surface area contributed by atoms with Crippen molar-refractivity contribution in [2.75, 3.05) is 14.2 Å². The van der Waals surface area contributed by atoms with Gasteiger partial charge in [-0.1, -0.05) is 12.1 Å². The number of halogens is 3. The minimum Gasteiger partial charge on any atom is -0.493 e. The Morgan fingerprint density at radius 3 is 2.16 bits per heavy atom. The highest BCUT2D eigenvalue weighted by Gasteiger charge is 2.30. The van der Waals surface area contributed by atoms with Crippen LogP contribution in [0, 0.1) is 0 Å². The van der Waals surface area contributed by atoms with Gasteiger partial charge in [0.15, 0.2) is 11.5 Å². The van der Waals surface area contributed by atoms with E-state index in [9.17, 15) is 18.0 Å². The smallest absolute Gasteiger partial charge is 0.416 e. The van der Waals surface area contributed by atoms with Crippen LogP contribution in [-0.2, 0) is 6.18 Å². The van der Waals surface area contributed by atoms with Gasteiger partial charge in [-0.05, 0) is 12.1 Å². The summed E-state index contributed by atoms with van der Waals surface area (Å²) < 4.78 is 48.3. The topological polar surface area (TPSA) is 64.2 Å². The summed E-state index contributed by atoms with van der Waals surface area (Å²) in [7, 11) is 2.93. The van der Waals surface area contributed by atoms with Gasteiger partial charge in [-0.2, -0.15) is 13.2 Å². The first-order chi connectivity index (χ1) is 11.8. The summed E-state index contributed by atoms with van der Waals surface area (Å²) in [6, 6.07) is 7.40. The van der Waals surface area contributed by atoms with Crippen LogP contribution in [0.3, 0.4) is 0 Å². The van der Waals surface area contributed by atoms with Crippen molar-refractivity contribution in [3.8, 4) is 22.8 Å². The minimum atomic E-state index is -4.44. The highest BCUT2D eigenvalue weighted by molar-refractivity contribution is 5.81. The van der Waals surface area contributed by atoms with Crippen LogP contribution in [0.4, 0.5) is 13.2 Å². The van der Waals surface area contributed by atoms with E-state index in [0.29, 0.717) is 22.5 Å². The van der Waals surface area contributed by atoms with E-state index in [-0.39, 0.29) is 11.3 Å². The largest absolute Gasteiger partial charge is 0.493 e. The summed E-state index contributed by atoms with van der Waals surface area (Å²) in [5.41, 5.74) is -0.149. The van der Waals surface area contributed by atoms with Gasteiger partial charge in [0.1, 0.15) is 5.69 Å². The van der Waals surface area contributed by atoms with Crippen molar-refractivity contribution in [2.24, 2.45) is 0 Å². The first-order valence-electron chi connectivity index (χ1n) is 7.17. The molecule has 1 aromatic heterocycles. The maximum Gasteiger partial charge on any atom is 0.416 e. The summed E-state index contributed by atoms with van der Waals surface area (Å²) in [5, 5.41) is 0. The quantitative estimate of drug-likeness (QED) is 0.784. The number of nitrogens with one attached hydrogen (secondary N) is 1. The first kappa shape index (κ1) is 16.8. The third kappa shape index (κ3) is 3.15. The molecule has 0 atom stereocenters. The lowest BCUT2D eigenvalue weighted by atomic mass is 10.1. The van der Waals surface area contributed by atoms with E-state index < -0.39 is 17.3 Å². The van der Waals surface area contributed by atoms with E-state index in [1.54, 1.807) is 12.1 Å². The zero-order valence-electron chi connectivity index (χ0n) is 13.3. The second-order valence-electron chi connectivity index (χ2n) is 5.21. The number of alkyl halides is 3. The van der Waals surface area contributed by atoms with Crippen LogP contribution in [-0.4, -0.2) is 24.2 Å². The maximum atomic E-state index is 12.7. The van der Waals surface area contributed by atoms with Gasteiger partial charge in [0.2, 0.25) is 0 Å². The molecule has 5 nitrogen and oxygen atoms in total. The number of aromatic nitrogens is 2. The van der Waals surface area contributed by atoms with Crippen molar-refractivity contribution in [1.29, 1.82) is 0 Å². The van der Waals surface area contributed by atoms with Crippen LogP contribution in [0.5, 0.6) is 11.5 Å². The average Bonchev–Trinajstić information content (AvgIpc) is 2.59. The molecule has 3 aromatic rings. The molecule has 0 aliphatic rings. The number of benzene rings is 2. The van der Waals surface area contributed by atoms with Crippen molar-refractivity contribution >= 4 is 11.0 Å². The normalized spacial score (nSPS) is 11.6. The van der Waals surface area contributed by atoms with Crippen LogP contribution in [0.2, 0.25) is 0 Å². The number of H-pyrrole nitrogens is 1. The predicted octanol–water partition coefficient (Wildman–Crippen LogP) is 3.63. The Bertz CT molecular complexity index is 979. The van der Waals surface area contributed by atoms with Gasteiger partial charge in [0, 0.05) is 17.7 Å². The van der Waals surface area contributed by atoms with Gasteiger partial charge < -0.3 is 14.5 Å². The maximum absolute atomic E-state index is 12.7. The van der Waals surface area contributed by atoms with Crippen molar-refractivity contribution in [3.63, 3.8) is 0 Å². The summed E-state index contributed by atoms with van der Waals surface area (Å²) in [4.78, 5) is 19.2. The lowest BCUT2D eigenvalue weighted by Crippen LogP contribution is -2.12. The number of hydrogen-bond acceptors (Lipinski definition) is 4. The zero-order chi connectivity index (χ0) is 18.2. The van der Waals surface area contributed by atoms with E-state index in [4.69, 9.17) is 9.47 Å². The Morgan fingerprint density at radius 2 is 1.60 bits per heavy atom. The van der Waals surface area contributed by atoms with Crippen LogP contribution in [0.25, 0.3) is 22.3 Å². The van der Waals surface area contributed by atoms with Crippen LogP contribution < -0.4 is 15.0 Å². The van der Waals surface area contributed by atoms with Gasteiger partial charge >= 0.3 is 6.18 Å². The Kier molecular flexibility index (Phi) is 4.12. The van der Waals surface area contributed by atoms with Crippen molar-refractivity contribution in [2.45, 2.75) is 6.18 Å². The van der Waals surface area contributed by atoms with Gasteiger partial charge in [-0.15, -0.1) is 0 Å². The van der Waals surface area contributed by atoms with Crippen molar-refractivity contribution in [3.05, 3.63) is 52.3 Å². The van der Waals surface area contributed by atoms with E-state index in [2.05, 4.69) is 9.97 Å². The lowest BCUT2D eigenvalue weighted by Gasteiger charge is -2.10. The summed E-state index contributed by atoms with van der Waals surface area (Å²) >= 11 is 0. The van der Waals surface area contributed by atoms with Gasteiger partial charge in [-0.3, -0.25) is 4.79 Å². The number of rotatable bonds is 3. The Morgan fingerprint density at radius 1 is 1.00 bits per heavy atom. The van der Waals surface area contributed by atoms with E-state index >= 15 is 0 Å². The number of hydrogen-bond donors (Lipinski definition) is 1. The third-order valence-corrected chi connectivity index (χ3v) is 3.68. The van der Waals surface area contributed by atoms with Crippen molar-refractivity contribution in [1.82, 2.24) is 9.97 Å². The Labute approximate surface area is 140 Å². The molecule has 1 heterocycles. The van der Waals surface area contributed by atoms with Crippen LogP contribution in [0.15, 0.2) is 41.2 Å². The Hall–Kier alpha value is -3.03. The number of nitrogens with zero attached hydrogens (tertiary/aromatic N) is 1. The second-order valence-corrected chi connectivity index (χ2v) is 5.21. The molecular formula is C17H13F3N2O3. The van der Waals surface area contributed by atoms with Gasteiger partial charge in [0.25, 0.3) is 5.56 Å². The fraction of sp³-hybridized carbons (Fsp3) is 0.176. The molecule has 0 radical (unpaired) electrons. The van der Waals surface area contributed by atoms with Gasteiger partial charge in [-0.25, -0.2) is 4.98 Å². The molecule has 0 spiro atoms. The molecule has 1 N–H and O–H groups in total.